The van der Waals surface area contributed by atoms with Crippen LogP contribution in [0, 0.1) is 0 Å². The molecule has 116 valence electrons. The topological polar surface area (TPSA) is 119 Å². The smallest absolute Gasteiger partial charge is 0.185 e. The first kappa shape index (κ1) is 17.2. The van der Waals surface area contributed by atoms with Crippen molar-refractivity contribution in [2.24, 2.45) is 0 Å². The Hall–Kier alpha value is -0.870. The third-order valence-electron chi connectivity index (χ3n) is 2.60. The average molecular weight is 341 g/mol. The lowest BCUT2D eigenvalue weighted by molar-refractivity contribution is 0.595. The largest absolute Gasteiger partial charge is 0.382 e. The molecule has 0 bridgehead atoms. The van der Waals surface area contributed by atoms with Crippen molar-refractivity contribution in [2.75, 3.05) is 34.9 Å². The van der Waals surface area contributed by atoms with Crippen molar-refractivity contribution in [1.82, 2.24) is 4.37 Å². The molecule has 0 amide bonds. The minimum absolute atomic E-state index is 0.0155. The third kappa shape index (κ3) is 4.32. The van der Waals surface area contributed by atoms with Crippen molar-refractivity contribution in [1.29, 1.82) is 0 Å². The predicted molar refractivity (Wildman–Crippen MR) is 81.7 cm³/mol. The first-order valence-electron chi connectivity index (χ1n) is 6.15. The van der Waals surface area contributed by atoms with Gasteiger partial charge >= 0.3 is 0 Å². The van der Waals surface area contributed by atoms with Crippen molar-refractivity contribution in [3.63, 3.8) is 0 Å². The molecular formula is C10H19N3O4S3. The highest BCUT2D eigenvalue weighted by Gasteiger charge is 2.24. The Kier molecular flexibility index (Phi) is 5.78. The summed E-state index contributed by atoms with van der Waals surface area (Å²) in [6.45, 7) is 3.46. The van der Waals surface area contributed by atoms with Gasteiger partial charge in [0.15, 0.2) is 25.5 Å². The fourth-order valence-electron chi connectivity index (χ4n) is 1.54. The van der Waals surface area contributed by atoms with E-state index < -0.39 is 19.7 Å². The Morgan fingerprint density at radius 2 is 1.85 bits per heavy atom. The Bertz CT molecular complexity index is 649. The zero-order valence-corrected chi connectivity index (χ0v) is 13.9. The van der Waals surface area contributed by atoms with Crippen molar-refractivity contribution < 1.29 is 16.8 Å². The first-order valence-corrected chi connectivity index (χ1v) is 10.4. The molecule has 20 heavy (non-hydrogen) atoms. The SMILES string of the molecule is CCCS(=O)(=O)c1c(N)nsc1NCCS(=O)(=O)CC. The summed E-state index contributed by atoms with van der Waals surface area (Å²) in [6, 6.07) is 0. The number of hydrogen-bond donors (Lipinski definition) is 2. The van der Waals surface area contributed by atoms with Crippen LogP contribution in [0.1, 0.15) is 20.3 Å². The van der Waals surface area contributed by atoms with Crippen LogP contribution in [0.15, 0.2) is 4.90 Å². The number of nitrogens with one attached hydrogen (secondary N) is 1. The highest BCUT2D eigenvalue weighted by Crippen LogP contribution is 2.32. The van der Waals surface area contributed by atoms with Crippen LogP contribution >= 0.6 is 11.5 Å². The molecule has 0 aliphatic rings. The third-order valence-corrected chi connectivity index (χ3v) is 7.23. The first-order chi connectivity index (χ1) is 9.23. The van der Waals surface area contributed by atoms with Crippen LogP contribution in [0.4, 0.5) is 10.8 Å². The number of sulfone groups is 2. The summed E-state index contributed by atoms with van der Waals surface area (Å²) in [6.07, 6.45) is 0.473. The second kappa shape index (κ2) is 6.72. The van der Waals surface area contributed by atoms with E-state index in [0.717, 1.165) is 11.5 Å². The molecule has 1 heterocycles. The van der Waals surface area contributed by atoms with Crippen LogP contribution in [-0.4, -0.2) is 45.0 Å². The van der Waals surface area contributed by atoms with E-state index in [1.807, 2.05) is 0 Å². The molecule has 1 aromatic rings. The fraction of sp³-hybridized carbons (Fsp3) is 0.700. The van der Waals surface area contributed by atoms with Gasteiger partial charge in [-0.1, -0.05) is 13.8 Å². The van der Waals surface area contributed by atoms with Crippen LogP contribution in [0.2, 0.25) is 0 Å². The van der Waals surface area contributed by atoms with Gasteiger partial charge in [-0.3, -0.25) is 0 Å². The van der Waals surface area contributed by atoms with Gasteiger partial charge < -0.3 is 11.1 Å². The van der Waals surface area contributed by atoms with Gasteiger partial charge in [0.2, 0.25) is 0 Å². The molecular weight excluding hydrogens is 322 g/mol. The molecule has 3 N–H and O–H groups in total. The van der Waals surface area contributed by atoms with E-state index in [4.69, 9.17) is 5.73 Å². The molecule has 0 fully saturated rings. The summed E-state index contributed by atoms with van der Waals surface area (Å²) < 4.78 is 50.8. The molecule has 1 aromatic heterocycles. The summed E-state index contributed by atoms with van der Waals surface area (Å²) >= 11 is 0.927. The van der Waals surface area contributed by atoms with Gasteiger partial charge in [0, 0.05) is 12.3 Å². The quantitative estimate of drug-likeness (QED) is 0.716. The van der Waals surface area contributed by atoms with Crippen LogP contribution in [0.5, 0.6) is 0 Å². The van der Waals surface area contributed by atoms with Crippen LogP contribution in [-0.2, 0) is 19.7 Å². The van der Waals surface area contributed by atoms with Gasteiger partial charge in [0.05, 0.1) is 11.5 Å². The number of nitrogens with two attached hydrogens (primary N) is 1. The fourth-order valence-corrected chi connectivity index (χ4v) is 4.89. The minimum Gasteiger partial charge on any atom is -0.382 e. The molecule has 10 heteroatoms. The number of hydrogen-bond acceptors (Lipinski definition) is 8. The molecule has 1 rings (SSSR count). The van der Waals surface area contributed by atoms with E-state index in [2.05, 4.69) is 9.69 Å². The predicted octanol–water partition coefficient (Wildman–Crippen LogP) is 0.756. The van der Waals surface area contributed by atoms with E-state index in [0.29, 0.717) is 11.4 Å². The normalized spacial score (nSPS) is 12.5. The molecule has 0 saturated heterocycles. The van der Waals surface area contributed by atoms with E-state index >= 15 is 0 Å². The van der Waals surface area contributed by atoms with Gasteiger partial charge in [-0.25, -0.2) is 16.8 Å². The zero-order chi connectivity index (χ0) is 15.4. The molecule has 0 spiro atoms. The lowest BCUT2D eigenvalue weighted by Crippen LogP contribution is -2.18. The molecule has 0 aliphatic carbocycles. The maximum absolute atomic E-state index is 12.1. The van der Waals surface area contributed by atoms with Crippen molar-refractivity contribution in [2.45, 2.75) is 25.2 Å². The standard InChI is InChI=1S/C10H19N3O4S3/c1-3-6-20(16,17)8-9(11)13-18-10(8)12-5-7-19(14,15)4-2/h12H,3-7H2,1-2H3,(H2,11,13). The number of aromatic nitrogens is 1. The van der Waals surface area contributed by atoms with Crippen LogP contribution in [0.3, 0.4) is 0 Å². The minimum atomic E-state index is -3.49. The molecule has 0 aromatic carbocycles. The monoisotopic (exact) mass is 341 g/mol. The second-order valence-corrected chi connectivity index (χ2v) is 9.50. The van der Waals surface area contributed by atoms with Crippen molar-refractivity contribution in [3.05, 3.63) is 0 Å². The molecule has 7 nitrogen and oxygen atoms in total. The van der Waals surface area contributed by atoms with E-state index in [-0.39, 0.29) is 34.5 Å². The maximum Gasteiger partial charge on any atom is 0.185 e. The van der Waals surface area contributed by atoms with Gasteiger partial charge in [-0.05, 0) is 18.0 Å². The lowest BCUT2D eigenvalue weighted by atomic mass is 10.6. The Balaban J connectivity index is 2.89. The summed E-state index contributed by atoms with van der Waals surface area (Å²) in [5.74, 6) is -0.0589. The van der Waals surface area contributed by atoms with E-state index in [1.54, 1.807) is 13.8 Å². The maximum atomic E-state index is 12.1. The number of anilines is 2. The number of rotatable bonds is 8. The van der Waals surface area contributed by atoms with Crippen LogP contribution < -0.4 is 11.1 Å². The Labute approximate surface area is 123 Å². The summed E-state index contributed by atoms with van der Waals surface area (Å²) in [5.41, 5.74) is 5.60. The molecule has 0 radical (unpaired) electrons. The molecule has 0 aliphatic heterocycles. The van der Waals surface area contributed by atoms with Gasteiger partial charge in [0.1, 0.15) is 9.90 Å². The molecule has 0 unspecified atom stereocenters. The number of nitrogen functional groups attached to an aromatic ring is 1. The van der Waals surface area contributed by atoms with Gasteiger partial charge in [-0.15, -0.1) is 0 Å². The Morgan fingerprint density at radius 1 is 1.20 bits per heavy atom. The van der Waals surface area contributed by atoms with Crippen molar-refractivity contribution >= 4 is 42.0 Å². The Morgan fingerprint density at radius 3 is 2.40 bits per heavy atom. The van der Waals surface area contributed by atoms with Gasteiger partial charge in [0.25, 0.3) is 0 Å². The highest BCUT2D eigenvalue weighted by atomic mass is 32.2. The summed E-state index contributed by atoms with van der Waals surface area (Å²) in [7, 11) is -6.59. The van der Waals surface area contributed by atoms with Crippen molar-refractivity contribution in [3.8, 4) is 0 Å². The summed E-state index contributed by atoms with van der Waals surface area (Å²) in [4.78, 5) is -0.0155. The summed E-state index contributed by atoms with van der Waals surface area (Å²) in [5, 5.41) is 3.11. The zero-order valence-electron chi connectivity index (χ0n) is 11.4. The highest BCUT2D eigenvalue weighted by molar-refractivity contribution is 7.92. The molecule has 0 saturated carbocycles. The lowest BCUT2D eigenvalue weighted by Gasteiger charge is -2.07. The molecule has 0 atom stereocenters. The number of nitrogens with zero attached hydrogens (tertiary/aromatic N) is 1. The van der Waals surface area contributed by atoms with E-state index in [9.17, 15) is 16.8 Å². The van der Waals surface area contributed by atoms with Gasteiger partial charge in [-0.2, -0.15) is 4.37 Å². The average Bonchev–Trinajstić information content (AvgIpc) is 2.71. The second-order valence-electron chi connectivity index (χ2n) is 4.21. The van der Waals surface area contributed by atoms with E-state index in [1.165, 1.54) is 0 Å². The van der Waals surface area contributed by atoms with Crippen LogP contribution in [0.25, 0.3) is 0 Å².